The van der Waals surface area contributed by atoms with Gasteiger partial charge in [-0.2, -0.15) is 0 Å². The molecule has 0 spiro atoms. The van der Waals surface area contributed by atoms with Crippen LogP contribution >= 0.6 is 0 Å². The van der Waals surface area contributed by atoms with E-state index in [4.69, 9.17) is 4.74 Å². The maximum Gasteiger partial charge on any atom is 0.258 e. The molecule has 0 radical (unpaired) electrons. The third-order valence-electron chi connectivity index (χ3n) is 6.00. The molecule has 5 heteroatoms. The fourth-order valence-electron chi connectivity index (χ4n) is 4.69. The molecule has 28 heavy (non-hydrogen) atoms. The van der Waals surface area contributed by atoms with Gasteiger partial charge in [-0.3, -0.25) is 9.59 Å². The summed E-state index contributed by atoms with van der Waals surface area (Å²) in [7, 11) is 1.57. The Balaban J connectivity index is 1.64. The van der Waals surface area contributed by atoms with Crippen LogP contribution < -0.4 is 10.1 Å². The van der Waals surface area contributed by atoms with E-state index in [1.54, 1.807) is 19.2 Å². The number of carbonyl (C=O) groups is 2. The molecule has 2 aromatic carbocycles. The van der Waals surface area contributed by atoms with Gasteiger partial charge < -0.3 is 15.0 Å². The van der Waals surface area contributed by atoms with E-state index in [2.05, 4.69) is 5.32 Å². The van der Waals surface area contributed by atoms with E-state index in [0.717, 1.165) is 31.4 Å². The van der Waals surface area contributed by atoms with Crippen molar-refractivity contribution in [3.8, 4) is 5.75 Å². The van der Waals surface area contributed by atoms with Gasteiger partial charge in [-0.25, -0.2) is 0 Å². The Labute approximate surface area is 165 Å². The van der Waals surface area contributed by atoms with Gasteiger partial charge in [-0.15, -0.1) is 0 Å². The lowest BCUT2D eigenvalue weighted by atomic mass is 9.84. The standard InChI is InChI=1S/C23H26N2O3/c1-28-21-14-8-6-12-18(21)23(27)25-19-13-7-5-9-16(19)15-20(25)22(26)24-17-10-3-2-4-11-17/h2-4,6,8,10-12,14,16,19-20H,5,7,9,13,15H2,1H3,(H,24,26)/t16-,19-,20-/m0/s1. The van der Waals surface area contributed by atoms with Crippen LogP contribution in [-0.2, 0) is 4.79 Å². The van der Waals surface area contributed by atoms with Crippen LogP contribution in [0.25, 0.3) is 0 Å². The minimum Gasteiger partial charge on any atom is -0.496 e. The van der Waals surface area contributed by atoms with Gasteiger partial charge in [0.05, 0.1) is 12.7 Å². The Bertz CT molecular complexity index is 852. The first-order chi connectivity index (χ1) is 13.7. The first kappa shape index (κ1) is 18.5. The summed E-state index contributed by atoms with van der Waals surface area (Å²) in [6.45, 7) is 0. The van der Waals surface area contributed by atoms with Gasteiger partial charge in [0.15, 0.2) is 0 Å². The van der Waals surface area contributed by atoms with Gasteiger partial charge in [0.2, 0.25) is 5.91 Å². The zero-order valence-corrected chi connectivity index (χ0v) is 16.1. The predicted molar refractivity (Wildman–Crippen MR) is 108 cm³/mol. The molecular formula is C23H26N2O3. The first-order valence-corrected chi connectivity index (χ1v) is 10.0. The highest BCUT2D eigenvalue weighted by atomic mass is 16.5. The maximum absolute atomic E-state index is 13.5. The fourth-order valence-corrected chi connectivity index (χ4v) is 4.69. The summed E-state index contributed by atoms with van der Waals surface area (Å²) in [6.07, 6.45) is 5.04. The predicted octanol–water partition coefficient (Wildman–Crippen LogP) is 4.11. The van der Waals surface area contributed by atoms with Crippen LogP contribution in [0.4, 0.5) is 5.69 Å². The fraction of sp³-hybridized carbons (Fsp3) is 0.391. The van der Waals surface area contributed by atoms with Crippen molar-refractivity contribution in [1.29, 1.82) is 0 Å². The molecule has 1 saturated carbocycles. The molecule has 0 bridgehead atoms. The van der Waals surface area contributed by atoms with Crippen molar-refractivity contribution in [2.75, 3.05) is 12.4 Å². The Morgan fingerprint density at radius 1 is 1.00 bits per heavy atom. The molecule has 1 heterocycles. The Morgan fingerprint density at radius 3 is 2.50 bits per heavy atom. The largest absolute Gasteiger partial charge is 0.496 e. The Morgan fingerprint density at radius 2 is 1.71 bits per heavy atom. The molecule has 2 aromatic rings. The summed E-state index contributed by atoms with van der Waals surface area (Å²) >= 11 is 0. The second-order valence-corrected chi connectivity index (χ2v) is 7.63. The summed E-state index contributed by atoms with van der Waals surface area (Å²) < 4.78 is 5.41. The molecule has 1 aliphatic heterocycles. The van der Waals surface area contributed by atoms with Gasteiger partial charge in [0, 0.05) is 11.7 Å². The smallest absolute Gasteiger partial charge is 0.258 e. The molecule has 3 atom stereocenters. The van der Waals surface area contributed by atoms with Crippen molar-refractivity contribution >= 4 is 17.5 Å². The number of nitrogens with one attached hydrogen (secondary N) is 1. The molecule has 1 N–H and O–H groups in total. The number of carbonyl (C=O) groups excluding carboxylic acids is 2. The van der Waals surface area contributed by atoms with Gasteiger partial charge >= 0.3 is 0 Å². The summed E-state index contributed by atoms with van der Waals surface area (Å²) in [5.74, 6) is 0.719. The molecule has 4 rings (SSSR count). The number of methoxy groups -OCH3 is 1. The third kappa shape index (κ3) is 3.49. The number of benzene rings is 2. The van der Waals surface area contributed by atoms with Crippen LogP contribution in [0.2, 0.25) is 0 Å². The number of likely N-dealkylation sites (tertiary alicyclic amines) is 1. The maximum atomic E-state index is 13.5. The number of anilines is 1. The molecule has 2 aliphatic rings. The number of hydrogen-bond donors (Lipinski definition) is 1. The number of para-hydroxylation sites is 2. The lowest BCUT2D eigenvalue weighted by Crippen LogP contribution is -2.47. The molecule has 0 aromatic heterocycles. The molecule has 0 unspecified atom stereocenters. The van der Waals surface area contributed by atoms with Crippen molar-refractivity contribution in [2.45, 2.75) is 44.2 Å². The molecule has 1 saturated heterocycles. The average Bonchev–Trinajstić information content (AvgIpc) is 3.13. The topological polar surface area (TPSA) is 58.6 Å². The van der Waals surface area contributed by atoms with E-state index in [9.17, 15) is 9.59 Å². The van der Waals surface area contributed by atoms with Crippen molar-refractivity contribution in [3.05, 3.63) is 60.2 Å². The van der Waals surface area contributed by atoms with Crippen LogP contribution in [0.5, 0.6) is 5.75 Å². The Hall–Kier alpha value is -2.82. The van der Waals surface area contributed by atoms with Crippen molar-refractivity contribution in [1.82, 2.24) is 4.90 Å². The van der Waals surface area contributed by atoms with Gasteiger partial charge in [-0.1, -0.05) is 43.2 Å². The summed E-state index contributed by atoms with van der Waals surface area (Å²) in [4.78, 5) is 28.5. The Kier molecular flexibility index (Phi) is 5.33. The van der Waals surface area contributed by atoms with Gasteiger partial charge in [0.25, 0.3) is 5.91 Å². The van der Waals surface area contributed by atoms with Crippen LogP contribution in [-0.4, -0.2) is 35.9 Å². The van der Waals surface area contributed by atoms with Gasteiger partial charge in [-0.05, 0) is 49.4 Å². The minimum atomic E-state index is -0.453. The highest BCUT2D eigenvalue weighted by Gasteiger charge is 2.47. The van der Waals surface area contributed by atoms with E-state index in [1.165, 1.54) is 6.42 Å². The van der Waals surface area contributed by atoms with Crippen molar-refractivity contribution in [3.63, 3.8) is 0 Å². The lowest BCUT2D eigenvalue weighted by molar-refractivity contribution is -0.120. The normalized spacial score (nSPS) is 23.8. The number of fused-ring (bicyclic) bond motifs is 1. The van der Waals surface area contributed by atoms with Crippen LogP contribution in [0.3, 0.4) is 0 Å². The molecule has 146 valence electrons. The van der Waals surface area contributed by atoms with Crippen molar-refractivity contribution in [2.24, 2.45) is 5.92 Å². The molecule has 1 aliphatic carbocycles. The summed E-state index contributed by atoms with van der Waals surface area (Å²) in [5.41, 5.74) is 1.28. The number of rotatable bonds is 4. The second kappa shape index (κ2) is 8.05. The molecule has 2 fully saturated rings. The monoisotopic (exact) mass is 378 g/mol. The summed E-state index contributed by atoms with van der Waals surface area (Å²) in [6, 6.07) is 16.4. The van der Waals surface area contributed by atoms with E-state index < -0.39 is 6.04 Å². The first-order valence-electron chi connectivity index (χ1n) is 10.0. The second-order valence-electron chi connectivity index (χ2n) is 7.63. The number of hydrogen-bond acceptors (Lipinski definition) is 3. The lowest BCUT2D eigenvalue weighted by Gasteiger charge is -2.34. The summed E-state index contributed by atoms with van der Waals surface area (Å²) in [5, 5.41) is 2.99. The van der Waals surface area contributed by atoms with Crippen LogP contribution in [0, 0.1) is 5.92 Å². The van der Waals surface area contributed by atoms with Crippen molar-refractivity contribution < 1.29 is 14.3 Å². The van der Waals surface area contributed by atoms with E-state index >= 15 is 0 Å². The molecular weight excluding hydrogens is 352 g/mol. The zero-order chi connectivity index (χ0) is 19.5. The molecule has 2 amide bonds. The molecule has 5 nitrogen and oxygen atoms in total. The number of nitrogens with zero attached hydrogens (tertiary/aromatic N) is 1. The highest BCUT2D eigenvalue weighted by Crippen LogP contribution is 2.41. The highest BCUT2D eigenvalue weighted by molar-refractivity contribution is 6.03. The number of ether oxygens (including phenoxy) is 1. The van der Waals surface area contributed by atoms with Crippen LogP contribution in [0.15, 0.2) is 54.6 Å². The average molecular weight is 378 g/mol. The van der Waals surface area contributed by atoms with E-state index in [-0.39, 0.29) is 17.9 Å². The van der Waals surface area contributed by atoms with Gasteiger partial charge in [0.1, 0.15) is 11.8 Å². The minimum absolute atomic E-state index is 0.108. The third-order valence-corrected chi connectivity index (χ3v) is 6.00. The number of amides is 2. The van der Waals surface area contributed by atoms with E-state index in [0.29, 0.717) is 17.2 Å². The quantitative estimate of drug-likeness (QED) is 0.871. The SMILES string of the molecule is COc1ccccc1C(=O)N1[C@H](C(=O)Nc2ccccc2)C[C@@H]2CCCC[C@@H]21. The van der Waals surface area contributed by atoms with E-state index in [1.807, 2.05) is 47.4 Å². The zero-order valence-electron chi connectivity index (χ0n) is 16.1. The van der Waals surface area contributed by atoms with Crippen LogP contribution in [0.1, 0.15) is 42.5 Å².